The van der Waals surface area contributed by atoms with E-state index in [4.69, 9.17) is 0 Å². The van der Waals surface area contributed by atoms with Crippen molar-refractivity contribution >= 4 is 6.03 Å². The molecule has 3 rings (SSSR count). The monoisotopic (exact) mass is 289 g/mol. The smallest absolute Gasteiger partial charge is 0.317 e. The Morgan fingerprint density at radius 1 is 1.19 bits per heavy atom. The fourth-order valence-electron chi connectivity index (χ4n) is 3.27. The van der Waals surface area contributed by atoms with Crippen LogP contribution in [0.1, 0.15) is 24.5 Å². The van der Waals surface area contributed by atoms with E-state index >= 15 is 0 Å². The molecule has 2 amide bonds. The van der Waals surface area contributed by atoms with Gasteiger partial charge in [0.15, 0.2) is 0 Å². The molecule has 0 aliphatic carbocycles. The molecule has 5 heteroatoms. The zero-order chi connectivity index (χ0) is 14.7. The van der Waals surface area contributed by atoms with Gasteiger partial charge >= 0.3 is 6.03 Å². The molecule has 2 aliphatic heterocycles. The number of carbonyl (C=O) groups is 1. The zero-order valence-electron chi connectivity index (χ0n) is 12.2. The predicted molar refractivity (Wildman–Crippen MR) is 81.0 cm³/mol. The Hall–Kier alpha value is -1.59. The molecule has 1 unspecified atom stereocenters. The molecule has 0 radical (unpaired) electrons. The molecule has 0 aromatic heterocycles. The first-order valence-electron chi connectivity index (χ1n) is 7.74. The topological polar surface area (TPSA) is 55.8 Å². The lowest BCUT2D eigenvalue weighted by Crippen LogP contribution is -2.46. The Balaban J connectivity index is 1.48. The highest BCUT2D eigenvalue weighted by molar-refractivity contribution is 5.76. The summed E-state index contributed by atoms with van der Waals surface area (Å²) < 4.78 is 0. The first kappa shape index (κ1) is 14.4. The second-order valence-electron chi connectivity index (χ2n) is 5.88. The molecule has 5 nitrogen and oxygen atoms in total. The van der Waals surface area contributed by atoms with Crippen LogP contribution in [-0.4, -0.2) is 59.7 Å². The van der Waals surface area contributed by atoms with E-state index in [1.165, 1.54) is 0 Å². The van der Waals surface area contributed by atoms with Crippen LogP contribution in [0.2, 0.25) is 0 Å². The van der Waals surface area contributed by atoms with Gasteiger partial charge < -0.3 is 20.2 Å². The lowest BCUT2D eigenvalue weighted by molar-refractivity contribution is 0.0796. The lowest BCUT2D eigenvalue weighted by Gasteiger charge is -2.36. The van der Waals surface area contributed by atoms with Gasteiger partial charge in [0.05, 0.1) is 6.10 Å². The molecule has 2 aliphatic rings. The van der Waals surface area contributed by atoms with Crippen LogP contribution < -0.4 is 5.32 Å². The van der Waals surface area contributed by atoms with E-state index in [2.05, 4.69) is 10.2 Å². The summed E-state index contributed by atoms with van der Waals surface area (Å²) in [5.41, 5.74) is 0.971. The van der Waals surface area contributed by atoms with Gasteiger partial charge in [0.1, 0.15) is 0 Å². The maximum absolute atomic E-state index is 11.7. The van der Waals surface area contributed by atoms with Gasteiger partial charge in [-0.25, -0.2) is 4.79 Å². The minimum Gasteiger partial charge on any atom is -0.387 e. The maximum Gasteiger partial charge on any atom is 0.317 e. The van der Waals surface area contributed by atoms with E-state index < -0.39 is 6.10 Å². The van der Waals surface area contributed by atoms with E-state index in [9.17, 15) is 9.90 Å². The molecule has 21 heavy (non-hydrogen) atoms. The standard InChI is InChI=1S/C16H23N3O2/c20-15(13-4-2-1-3-5-13)12-18-9-6-14(7-10-18)19-11-8-17-16(19)21/h1-5,14-15,20H,6-12H2,(H,17,21). The fraction of sp³-hybridized carbons (Fsp3) is 0.562. The number of likely N-dealkylation sites (tertiary alicyclic amines) is 1. The first-order valence-corrected chi connectivity index (χ1v) is 7.74. The number of nitrogens with one attached hydrogen (secondary N) is 1. The molecule has 2 heterocycles. The molecule has 0 bridgehead atoms. The van der Waals surface area contributed by atoms with Crippen molar-refractivity contribution < 1.29 is 9.90 Å². The van der Waals surface area contributed by atoms with Gasteiger partial charge in [-0.2, -0.15) is 0 Å². The third-order valence-corrected chi connectivity index (χ3v) is 4.50. The van der Waals surface area contributed by atoms with Gasteiger partial charge in [0.25, 0.3) is 0 Å². The summed E-state index contributed by atoms with van der Waals surface area (Å²) in [6.07, 6.45) is 1.56. The summed E-state index contributed by atoms with van der Waals surface area (Å²) in [4.78, 5) is 15.9. The maximum atomic E-state index is 11.7. The van der Waals surface area contributed by atoms with Gasteiger partial charge in [-0.05, 0) is 18.4 Å². The van der Waals surface area contributed by atoms with Gasteiger partial charge in [0.2, 0.25) is 0 Å². The van der Waals surface area contributed by atoms with Crippen molar-refractivity contribution in [2.75, 3.05) is 32.7 Å². The van der Waals surface area contributed by atoms with Crippen LogP contribution in [0, 0.1) is 0 Å². The Kier molecular flexibility index (Phi) is 4.41. The summed E-state index contributed by atoms with van der Waals surface area (Å²) in [6, 6.07) is 10.2. The summed E-state index contributed by atoms with van der Waals surface area (Å²) >= 11 is 0. The van der Waals surface area contributed by atoms with Crippen LogP contribution in [-0.2, 0) is 0 Å². The number of benzene rings is 1. The van der Waals surface area contributed by atoms with Crippen molar-refractivity contribution in [1.29, 1.82) is 0 Å². The van der Waals surface area contributed by atoms with Gasteiger partial charge in [-0.3, -0.25) is 0 Å². The summed E-state index contributed by atoms with van der Waals surface area (Å²) in [5.74, 6) is 0. The number of carbonyl (C=O) groups excluding carboxylic acids is 1. The molecular formula is C16H23N3O2. The molecule has 0 spiro atoms. The van der Waals surface area contributed by atoms with E-state index in [0.717, 1.165) is 44.6 Å². The second kappa shape index (κ2) is 6.45. The molecule has 2 N–H and O–H groups in total. The summed E-state index contributed by atoms with van der Waals surface area (Å²) in [5, 5.41) is 13.1. The molecule has 1 aromatic rings. The minimum atomic E-state index is -0.433. The Bertz CT molecular complexity index is 472. The van der Waals surface area contributed by atoms with Crippen LogP contribution in [0.15, 0.2) is 30.3 Å². The van der Waals surface area contributed by atoms with Crippen molar-refractivity contribution in [2.45, 2.75) is 25.0 Å². The Morgan fingerprint density at radius 2 is 1.90 bits per heavy atom. The molecule has 1 atom stereocenters. The van der Waals surface area contributed by atoms with Crippen LogP contribution in [0.25, 0.3) is 0 Å². The Labute approximate surface area is 125 Å². The second-order valence-corrected chi connectivity index (χ2v) is 5.88. The molecule has 0 saturated carbocycles. The quantitative estimate of drug-likeness (QED) is 0.876. The minimum absolute atomic E-state index is 0.0813. The number of amides is 2. The van der Waals surface area contributed by atoms with Gasteiger partial charge in [-0.1, -0.05) is 30.3 Å². The fourth-order valence-corrected chi connectivity index (χ4v) is 3.27. The van der Waals surface area contributed by atoms with Gasteiger partial charge in [0, 0.05) is 38.8 Å². The number of aliphatic hydroxyl groups excluding tert-OH is 1. The normalized spacial score (nSPS) is 22.3. The molecular weight excluding hydrogens is 266 g/mol. The van der Waals surface area contributed by atoms with Crippen molar-refractivity contribution in [3.63, 3.8) is 0 Å². The van der Waals surface area contributed by atoms with Crippen molar-refractivity contribution in [2.24, 2.45) is 0 Å². The number of aliphatic hydroxyl groups is 1. The number of hydrogen-bond acceptors (Lipinski definition) is 3. The molecule has 2 saturated heterocycles. The van der Waals surface area contributed by atoms with E-state index in [1.54, 1.807) is 0 Å². The van der Waals surface area contributed by atoms with Crippen molar-refractivity contribution in [1.82, 2.24) is 15.1 Å². The van der Waals surface area contributed by atoms with Crippen LogP contribution in [0.3, 0.4) is 0 Å². The van der Waals surface area contributed by atoms with Crippen LogP contribution in [0.4, 0.5) is 4.79 Å². The first-order chi connectivity index (χ1) is 10.2. The summed E-state index contributed by atoms with van der Waals surface area (Å²) in [7, 11) is 0. The lowest BCUT2D eigenvalue weighted by atomic mass is 10.0. The summed E-state index contributed by atoms with van der Waals surface area (Å²) in [6.45, 7) is 4.15. The average Bonchev–Trinajstić information content (AvgIpc) is 2.95. The van der Waals surface area contributed by atoms with Gasteiger partial charge in [-0.15, -0.1) is 0 Å². The number of piperidine rings is 1. The van der Waals surface area contributed by atoms with Crippen LogP contribution in [0.5, 0.6) is 0 Å². The number of hydrogen-bond donors (Lipinski definition) is 2. The molecule has 2 fully saturated rings. The number of rotatable bonds is 4. The van der Waals surface area contributed by atoms with E-state index in [1.807, 2.05) is 35.2 Å². The van der Waals surface area contributed by atoms with E-state index in [-0.39, 0.29) is 6.03 Å². The largest absolute Gasteiger partial charge is 0.387 e. The Morgan fingerprint density at radius 3 is 2.52 bits per heavy atom. The predicted octanol–water partition coefficient (Wildman–Crippen LogP) is 1.21. The third kappa shape index (κ3) is 3.36. The number of nitrogens with zero attached hydrogens (tertiary/aromatic N) is 2. The van der Waals surface area contributed by atoms with Crippen LogP contribution >= 0.6 is 0 Å². The SMILES string of the molecule is O=C1NCCN1C1CCN(CC(O)c2ccccc2)CC1. The highest BCUT2D eigenvalue weighted by Gasteiger charge is 2.31. The number of urea groups is 1. The highest BCUT2D eigenvalue weighted by Crippen LogP contribution is 2.21. The average molecular weight is 289 g/mol. The highest BCUT2D eigenvalue weighted by atomic mass is 16.3. The molecule has 1 aromatic carbocycles. The molecule has 114 valence electrons. The van der Waals surface area contributed by atoms with Crippen molar-refractivity contribution in [3.8, 4) is 0 Å². The zero-order valence-corrected chi connectivity index (χ0v) is 12.2. The van der Waals surface area contributed by atoms with E-state index in [0.29, 0.717) is 12.6 Å². The third-order valence-electron chi connectivity index (χ3n) is 4.50. The van der Waals surface area contributed by atoms with Crippen molar-refractivity contribution in [3.05, 3.63) is 35.9 Å². The number of β-amino-alcohol motifs (C(OH)–C–C–N with tert-alkyl or cyclic N) is 1.